The van der Waals surface area contributed by atoms with Crippen LogP contribution in [0, 0.1) is 6.92 Å². The molecule has 1 N–H and O–H groups in total. The molecule has 2 nitrogen and oxygen atoms in total. The van der Waals surface area contributed by atoms with Crippen LogP contribution < -0.4 is 5.32 Å². The van der Waals surface area contributed by atoms with Crippen LogP contribution in [-0.2, 0) is 0 Å². The van der Waals surface area contributed by atoms with Gasteiger partial charge in [0, 0.05) is 0 Å². The van der Waals surface area contributed by atoms with Crippen molar-refractivity contribution >= 4 is 0 Å². The van der Waals surface area contributed by atoms with Gasteiger partial charge in [0.25, 0.3) is 0 Å². The minimum Gasteiger partial charge on any atom is -0.467 e. The van der Waals surface area contributed by atoms with Crippen LogP contribution in [0.3, 0.4) is 0 Å². The zero-order chi connectivity index (χ0) is 11.4. The molecule has 1 aliphatic carbocycles. The van der Waals surface area contributed by atoms with E-state index in [4.69, 9.17) is 4.42 Å². The molecule has 1 aromatic rings. The van der Waals surface area contributed by atoms with Gasteiger partial charge in [-0.1, -0.05) is 13.0 Å². The van der Waals surface area contributed by atoms with Crippen LogP contribution in [0.25, 0.3) is 0 Å². The van der Waals surface area contributed by atoms with Crippen molar-refractivity contribution in [2.24, 2.45) is 0 Å². The summed E-state index contributed by atoms with van der Waals surface area (Å²) in [5.74, 6) is 1.09. The number of hydrogen-bond donors (Lipinski definition) is 1. The summed E-state index contributed by atoms with van der Waals surface area (Å²) in [6, 6.07) is 2.34. The van der Waals surface area contributed by atoms with E-state index in [9.17, 15) is 0 Å². The summed E-state index contributed by atoms with van der Waals surface area (Å²) in [6.07, 6.45) is 9.25. The quantitative estimate of drug-likeness (QED) is 0.780. The van der Waals surface area contributed by atoms with E-state index in [2.05, 4.69) is 25.2 Å². The number of nitrogens with one attached hydrogen (secondary N) is 1. The zero-order valence-corrected chi connectivity index (χ0v) is 10.3. The molecule has 0 aliphatic heterocycles. The molecule has 0 fully saturated rings. The van der Waals surface area contributed by atoms with E-state index in [1.807, 2.05) is 6.07 Å². The summed E-state index contributed by atoms with van der Waals surface area (Å²) in [6.45, 7) is 5.24. The lowest BCUT2D eigenvalue weighted by atomic mass is 9.91. The van der Waals surface area contributed by atoms with Crippen LogP contribution in [0.4, 0.5) is 0 Å². The SMILES string of the molecule is CCNC(C1=CCCCC1)c1occc1C. The molecule has 2 rings (SSSR count). The number of allylic oxidation sites excluding steroid dienone is 1. The average Bonchev–Trinajstić information content (AvgIpc) is 2.73. The van der Waals surface area contributed by atoms with E-state index in [-0.39, 0.29) is 0 Å². The molecule has 16 heavy (non-hydrogen) atoms. The minimum absolute atomic E-state index is 0.292. The molecule has 0 saturated heterocycles. The van der Waals surface area contributed by atoms with Crippen molar-refractivity contribution in [3.63, 3.8) is 0 Å². The summed E-state index contributed by atoms with van der Waals surface area (Å²) < 4.78 is 5.63. The molecule has 1 aromatic heterocycles. The molecular weight excluding hydrogens is 198 g/mol. The van der Waals surface area contributed by atoms with Gasteiger partial charge in [0.1, 0.15) is 5.76 Å². The summed E-state index contributed by atoms with van der Waals surface area (Å²) in [7, 11) is 0. The number of aryl methyl sites for hydroxylation is 1. The van der Waals surface area contributed by atoms with Gasteiger partial charge in [-0.2, -0.15) is 0 Å². The zero-order valence-electron chi connectivity index (χ0n) is 10.3. The van der Waals surface area contributed by atoms with E-state index < -0.39 is 0 Å². The Balaban J connectivity index is 2.23. The van der Waals surface area contributed by atoms with Crippen LogP contribution in [0.5, 0.6) is 0 Å². The van der Waals surface area contributed by atoms with Crippen molar-refractivity contribution < 1.29 is 4.42 Å². The Bertz CT molecular complexity index is 365. The molecule has 2 heteroatoms. The number of rotatable bonds is 4. The lowest BCUT2D eigenvalue weighted by Crippen LogP contribution is -2.23. The van der Waals surface area contributed by atoms with Crippen molar-refractivity contribution in [2.45, 2.75) is 45.6 Å². The summed E-state index contributed by atoms with van der Waals surface area (Å²) in [5, 5.41) is 3.53. The molecule has 1 unspecified atom stereocenters. The van der Waals surface area contributed by atoms with Gasteiger partial charge < -0.3 is 9.73 Å². The van der Waals surface area contributed by atoms with E-state index in [0.717, 1.165) is 12.3 Å². The number of hydrogen-bond acceptors (Lipinski definition) is 2. The second-order valence-corrected chi connectivity index (χ2v) is 4.48. The first kappa shape index (κ1) is 11.5. The van der Waals surface area contributed by atoms with Gasteiger partial charge in [-0.25, -0.2) is 0 Å². The van der Waals surface area contributed by atoms with Crippen molar-refractivity contribution in [1.29, 1.82) is 0 Å². The fourth-order valence-electron chi connectivity index (χ4n) is 2.40. The van der Waals surface area contributed by atoms with Crippen LogP contribution in [0.15, 0.2) is 28.4 Å². The van der Waals surface area contributed by atoms with Gasteiger partial charge in [0.05, 0.1) is 12.3 Å². The Hall–Kier alpha value is -1.02. The second-order valence-electron chi connectivity index (χ2n) is 4.48. The maximum Gasteiger partial charge on any atom is 0.127 e. The summed E-state index contributed by atoms with van der Waals surface area (Å²) in [5.41, 5.74) is 2.75. The van der Waals surface area contributed by atoms with Gasteiger partial charge in [0.15, 0.2) is 0 Å². The van der Waals surface area contributed by atoms with E-state index in [1.54, 1.807) is 6.26 Å². The highest BCUT2D eigenvalue weighted by molar-refractivity contribution is 5.27. The summed E-state index contributed by atoms with van der Waals surface area (Å²) in [4.78, 5) is 0. The van der Waals surface area contributed by atoms with Gasteiger partial charge in [0.2, 0.25) is 0 Å². The Morgan fingerprint density at radius 1 is 1.44 bits per heavy atom. The second kappa shape index (κ2) is 5.35. The lowest BCUT2D eigenvalue weighted by molar-refractivity contribution is 0.433. The third kappa shape index (κ3) is 2.38. The number of likely N-dealkylation sites (N-methyl/N-ethyl adjacent to an activating group) is 1. The Kier molecular flexibility index (Phi) is 3.83. The minimum atomic E-state index is 0.292. The van der Waals surface area contributed by atoms with E-state index in [1.165, 1.54) is 36.8 Å². The van der Waals surface area contributed by atoms with Gasteiger partial charge >= 0.3 is 0 Å². The molecule has 88 valence electrons. The third-order valence-corrected chi connectivity index (χ3v) is 3.27. The van der Waals surface area contributed by atoms with Crippen LogP contribution in [0.2, 0.25) is 0 Å². The maximum atomic E-state index is 5.63. The first-order valence-electron chi connectivity index (χ1n) is 6.29. The third-order valence-electron chi connectivity index (χ3n) is 3.27. The smallest absolute Gasteiger partial charge is 0.127 e. The van der Waals surface area contributed by atoms with Crippen LogP contribution >= 0.6 is 0 Å². The van der Waals surface area contributed by atoms with Crippen molar-refractivity contribution in [3.8, 4) is 0 Å². The first-order chi connectivity index (χ1) is 7.83. The highest BCUT2D eigenvalue weighted by Crippen LogP contribution is 2.31. The van der Waals surface area contributed by atoms with E-state index >= 15 is 0 Å². The average molecular weight is 219 g/mol. The Morgan fingerprint density at radius 2 is 2.31 bits per heavy atom. The first-order valence-corrected chi connectivity index (χ1v) is 6.29. The Labute approximate surface area is 97.7 Å². The molecular formula is C14H21NO. The molecule has 0 spiro atoms. The monoisotopic (exact) mass is 219 g/mol. The highest BCUT2D eigenvalue weighted by atomic mass is 16.3. The molecule has 1 aliphatic rings. The Morgan fingerprint density at radius 3 is 2.88 bits per heavy atom. The fourth-order valence-corrected chi connectivity index (χ4v) is 2.40. The van der Waals surface area contributed by atoms with Crippen LogP contribution in [-0.4, -0.2) is 6.54 Å². The lowest BCUT2D eigenvalue weighted by Gasteiger charge is -2.23. The summed E-state index contributed by atoms with van der Waals surface area (Å²) >= 11 is 0. The topological polar surface area (TPSA) is 25.2 Å². The van der Waals surface area contributed by atoms with E-state index in [0.29, 0.717) is 6.04 Å². The fraction of sp³-hybridized carbons (Fsp3) is 0.571. The molecule has 1 atom stereocenters. The van der Waals surface area contributed by atoms with Gasteiger partial charge in [-0.3, -0.25) is 0 Å². The largest absolute Gasteiger partial charge is 0.467 e. The molecule has 0 radical (unpaired) electrons. The van der Waals surface area contributed by atoms with Gasteiger partial charge in [-0.15, -0.1) is 0 Å². The standard InChI is InChI=1S/C14H21NO/c1-3-15-13(12-7-5-4-6-8-12)14-11(2)9-10-16-14/h7,9-10,13,15H,3-6,8H2,1-2H3. The molecule has 1 heterocycles. The normalized spacial score (nSPS) is 18.2. The highest BCUT2D eigenvalue weighted by Gasteiger charge is 2.21. The van der Waals surface area contributed by atoms with Crippen molar-refractivity contribution in [1.82, 2.24) is 5.32 Å². The van der Waals surface area contributed by atoms with Gasteiger partial charge in [-0.05, 0) is 56.4 Å². The molecule has 0 aromatic carbocycles. The van der Waals surface area contributed by atoms with Crippen LogP contribution in [0.1, 0.15) is 50.0 Å². The van der Waals surface area contributed by atoms with Crippen molar-refractivity contribution in [2.75, 3.05) is 6.54 Å². The molecule has 0 saturated carbocycles. The van der Waals surface area contributed by atoms with Crippen molar-refractivity contribution in [3.05, 3.63) is 35.3 Å². The predicted octanol–water partition coefficient (Wildman–Crippen LogP) is 3.74. The number of furan rings is 1. The predicted molar refractivity (Wildman–Crippen MR) is 66.4 cm³/mol. The molecule has 0 bridgehead atoms. The maximum absolute atomic E-state index is 5.63. The molecule has 0 amide bonds.